The van der Waals surface area contributed by atoms with Crippen molar-refractivity contribution in [1.29, 1.82) is 0 Å². The number of benzene rings is 1. The first-order valence-corrected chi connectivity index (χ1v) is 9.73. The molecule has 3 aromatic heterocycles. The fourth-order valence-electron chi connectivity index (χ4n) is 3.97. The van der Waals surface area contributed by atoms with Crippen molar-refractivity contribution in [2.75, 3.05) is 18.0 Å². The summed E-state index contributed by atoms with van der Waals surface area (Å²) in [6.07, 6.45) is 11.7. The van der Waals surface area contributed by atoms with Crippen molar-refractivity contribution in [2.24, 2.45) is 0 Å². The summed E-state index contributed by atoms with van der Waals surface area (Å²) in [6, 6.07) is 12.1. The van der Waals surface area contributed by atoms with E-state index in [1.165, 1.54) is 11.4 Å². The van der Waals surface area contributed by atoms with Crippen LogP contribution in [-0.4, -0.2) is 37.6 Å². The van der Waals surface area contributed by atoms with Crippen LogP contribution in [-0.2, 0) is 6.54 Å². The summed E-state index contributed by atoms with van der Waals surface area (Å²) in [5.74, 6) is 2.62. The Morgan fingerprint density at radius 2 is 1.68 bits per heavy atom. The smallest absolute Gasteiger partial charge is 0.147 e. The third-order valence-electron chi connectivity index (χ3n) is 5.47. The molecule has 0 spiro atoms. The number of para-hydroxylation sites is 2. The van der Waals surface area contributed by atoms with Crippen molar-refractivity contribution in [3.05, 3.63) is 78.8 Å². The molecule has 1 fully saturated rings. The summed E-state index contributed by atoms with van der Waals surface area (Å²) in [4.78, 5) is 20.5. The molecule has 1 aliphatic heterocycles. The van der Waals surface area contributed by atoms with Gasteiger partial charge in [-0.3, -0.25) is 9.97 Å². The molecule has 28 heavy (non-hydrogen) atoms. The van der Waals surface area contributed by atoms with Crippen molar-refractivity contribution in [3.63, 3.8) is 0 Å². The normalized spacial score (nSPS) is 15.2. The van der Waals surface area contributed by atoms with Gasteiger partial charge >= 0.3 is 0 Å². The van der Waals surface area contributed by atoms with Gasteiger partial charge in [-0.05, 0) is 42.7 Å². The van der Waals surface area contributed by atoms with Crippen LogP contribution in [0.4, 0.5) is 5.82 Å². The van der Waals surface area contributed by atoms with Gasteiger partial charge in [0.1, 0.15) is 11.6 Å². The minimum absolute atomic E-state index is 0.474. The van der Waals surface area contributed by atoms with E-state index in [9.17, 15) is 0 Å². The number of anilines is 1. The fraction of sp³-hybridized carbons (Fsp3) is 0.273. The molecule has 0 amide bonds. The van der Waals surface area contributed by atoms with Crippen LogP contribution in [0, 0.1) is 0 Å². The minimum atomic E-state index is 0.474. The van der Waals surface area contributed by atoms with Crippen LogP contribution in [0.15, 0.2) is 67.4 Å². The Morgan fingerprint density at radius 1 is 0.893 bits per heavy atom. The maximum Gasteiger partial charge on any atom is 0.147 e. The highest BCUT2D eigenvalue weighted by Gasteiger charge is 2.25. The number of imidazole rings is 1. The quantitative estimate of drug-likeness (QED) is 0.549. The zero-order chi connectivity index (χ0) is 18.8. The molecule has 0 atom stereocenters. The molecule has 6 nitrogen and oxygen atoms in total. The highest BCUT2D eigenvalue weighted by Crippen LogP contribution is 2.29. The molecule has 5 rings (SSSR count). The van der Waals surface area contributed by atoms with E-state index in [1.54, 1.807) is 0 Å². The van der Waals surface area contributed by atoms with Crippen LogP contribution in [0.25, 0.3) is 11.0 Å². The van der Waals surface area contributed by atoms with Crippen molar-refractivity contribution >= 4 is 16.9 Å². The molecular weight excluding hydrogens is 348 g/mol. The monoisotopic (exact) mass is 370 g/mol. The fourth-order valence-corrected chi connectivity index (χ4v) is 3.97. The molecule has 140 valence electrons. The molecular formula is C22H22N6. The number of pyridine rings is 1. The Morgan fingerprint density at radius 3 is 2.50 bits per heavy atom. The molecule has 0 N–H and O–H groups in total. The summed E-state index contributed by atoms with van der Waals surface area (Å²) in [6.45, 7) is 2.79. The lowest BCUT2D eigenvalue weighted by Gasteiger charge is -2.32. The molecule has 0 bridgehead atoms. The Balaban J connectivity index is 1.29. The number of hydrogen-bond donors (Lipinski definition) is 0. The number of fused-ring (bicyclic) bond motifs is 1. The molecule has 0 aliphatic carbocycles. The number of aromatic nitrogens is 5. The molecule has 0 radical (unpaired) electrons. The highest BCUT2D eigenvalue weighted by atomic mass is 15.2. The molecule has 1 aliphatic rings. The van der Waals surface area contributed by atoms with E-state index >= 15 is 0 Å². The number of rotatable bonds is 4. The second kappa shape index (κ2) is 7.38. The standard InChI is InChI=1S/C22H22N6/c1-2-4-20-19(3-1)25-15-21(26-20)27-12-7-18(8-13-27)22-24-11-14-28(22)16-17-5-9-23-10-6-17/h1-6,9-11,14-15,18H,7-8,12-13,16H2. The van der Waals surface area contributed by atoms with E-state index in [0.29, 0.717) is 5.92 Å². The Kier molecular flexibility index (Phi) is 4.45. The molecule has 6 heteroatoms. The Hall–Kier alpha value is -3.28. The van der Waals surface area contributed by atoms with Gasteiger partial charge < -0.3 is 9.47 Å². The number of nitrogens with zero attached hydrogens (tertiary/aromatic N) is 6. The van der Waals surface area contributed by atoms with Gasteiger partial charge in [-0.1, -0.05) is 12.1 Å². The van der Waals surface area contributed by atoms with E-state index in [2.05, 4.69) is 42.7 Å². The first kappa shape index (κ1) is 16.9. The van der Waals surface area contributed by atoms with Gasteiger partial charge in [-0.2, -0.15) is 0 Å². The van der Waals surface area contributed by atoms with Gasteiger partial charge in [0.05, 0.1) is 17.2 Å². The average Bonchev–Trinajstić information content (AvgIpc) is 3.22. The van der Waals surface area contributed by atoms with Crippen molar-refractivity contribution < 1.29 is 0 Å². The molecule has 1 aromatic carbocycles. The Labute approximate surface area is 163 Å². The summed E-state index contributed by atoms with van der Waals surface area (Å²) < 4.78 is 2.27. The molecule has 4 aromatic rings. The maximum atomic E-state index is 4.80. The van der Waals surface area contributed by atoms with Crippen LogP contribution in [0.3, 0.4) is 0 Å². The average molecular weight is 370 g/mol. The van der Waals surface area contributed by atoms with E-state index in [0.717, 1.165) is 49.3 Å². The van der Waals surface area contributed by atoms with Gasteiger partial charge in [0.15, 0.2) is 0 Å². The topological polar surface area (TPSA) is 59.7 Å². The van der Waals surface area contributed by atoms with E-state index in [4.69, 9.17) is 4.98 Å². The van der Waals surface area contributed by atoms with Crippen LogP contribution >= 0.6 is 0 Å². The highest BCUT2D eigenvalue weighted by molar-refractivity contribution is 5.75. The lowest BCUT2D eigenvalue weighted by Crippen LogP contribution is -2.34. The summed E-state index contributed by atoms with van der Waals surface area (Å²) in [5, 5.41) is 0. The lowest BCUT2D eigenvalue weighted by molar-refractivity contribution is 0.468. The van der Waals surface area contributed by atoms with Crippen LogP contribution in [0.5, 0.6) is 0 Å². The molecule has 1 saturated heterocycles. The van der Waals surface area contributed by atoms with Gasteiger partial charge in [0.25, 0.3) is 0 Å². The van der Waals surface area contributed by atoms with Crippen LogP contribution in [0.2, 0.25) is 0 Å². The van der Waals surface area contributed by atoms with Gasteiger partial charge in [-0.25, -0.2) is 9.97 Å². The van der Waals surface area contributed by atoms with Gasteiger partial charge in [0.2, 0.25) is 0 Å². The molecule has 0 saturated carbocycles. The van der Waals surface area contributed by atoms with Crippen molar-refractivity contribution in [3.8, 4) is 0 Å². The maximum absolute atomic E-state index is 4.80. The molecule has 0 unspecified atom stereocenters. The second-order valence-electron chi connectivity index (χ2n) is 7.25. The van der Waals surface area contributed by atoms with Crippen molar-refractivity contribution in [2.45, 2.75) is 25.3 Å². The van der Waals surface area contributed by atoms with Crippen molar-refractivity contribution in [1.82, 2.24) is 24.5 Å². The summed E-state index contributed by atoms with van der Waals surface area (Å²) in [5.41, 5.74) is 3.15. The minimum Gasteiger partial charge on any atom is -0.355 e. The Bertz CT molecular complexity index is 1070. The van der Waals surface area contributed by atoms with E-state index in [1.807, 2.05) is 49.1 Å². The molecule has 4 heterocycles. The first-order chi connectivity index (χ1) is 13.9. The zero-order valence-corrected chi connectivity index (χ0v) is 15.6. The third kappa shape index (κ3) is 3.33. The third-order valence-corrected chi connectivity index (χ3v) is 5.47. The number of hydrogen-bond acceptors (Lipinski definition) is 5. The zero-order valence-electron chi connectivity index (χ0n) is 15.6. The number of piperidine rings is 1. The predicted octanol–water partition coefficient (Wildman–Crippen LogP) is 3.65. The van der Waals surface area contributed by atoms with Crippen LogP contribution < -0.4 is 4.90 Å². The van der Waals surface area contributed by atoms with Gasteiger partial charge in [-0.15, -0.1) is 0 Å². The second-order valence-corrected chi connectivity index (χ2v) is 7.25. The lowest BCUT2D eigenvalue weighted by atomic mass is 9.96. The largest absolute Gasteiger partial charge is 0.355 e. The van der Waals surface area contributed by atoms with Gasteiger partial charge in [0, 0.05) is 50.3 Å². The summed E-state index contributed by atoms with van der Waals surface area (Å²) in [7, 11) is 0. The van der Waals surface area contributed by atoms with E-state index in [-0.39, 0.29) is 0 Å². The predicted molar refractivity (Wildman–Crippen MR) is 109 cm³/mol. The summed E-state index contributed by atoms with van der Waals surface area (Å²) >= 11 is 0. The van der Waals surface area contributed by atoms with E-state index < -0.39 is 0 Å². The van der Waals surface area contributed by atoms with Crippen LogP contribution in [0.1, 0.15) is 30.1 Å². The first-order valence-electron chi connectivity index (χ1n) is 9.73. The SMILES string of the molecule is c1ccc2nc(N3CCC(c4nccn4Cc4ccncc4)CC3)cnc2c1.